The van der Waals surface area contributed by atoms with Crippen molar-refractivity contribution < 1.29 is 110 Å². The molecule has 1 aliphatic carbocycles. The van der Waals surface area contributed by atoms with Gasteiger partial charge in [-0.05, 0) is 233 Å². The number of aliphatic hydroxyl groups excluding tert-OH is 1. The van der Waals surface area contributed by atoms with E-state index < -0.39 is 84.6 Å². The van der Waals surface area contributed by atoms with E-state index in [9.17, 15) is 57.8 Å². The SMILES string of the molecule is CC(C)=CCCC(C)CC(=O)OCC(COC(=O)CC(C)CCC=C(C)C)OC(=O)CC(C)CCC=C(C)C.CC(C)=CCCC(C)CC(=O)OCC(O)COC(=O)CC(C)CCC=C(C)C.O=C(/C=C/c1ccccc1)OC1C(OC(=O)/C=C/c2ccccc2)C(OC(=O)/C=C/c2ccccc2)C(OC(=O)/C=C/c2ccccc2)C(OC(=O)/C=C/c2ccccc2)C1OC(=O)/C=C/c1ccccc1. The van der Waals surface area contributed by atoms with Crippen molar-refractivity contribution in [3.63, 3.8) is 0 Å². The van der Waals surface area contributed by atoms with Crippen LogP contribution >= 0.6 is 0 Å². The minimum Gasteiger partial charge on any atom is -0.463 e. The molecule has 0 aliphatic heterocycles. The van der Waals surface area contributed by atoms with Gasteiger partial charge in [0.2, 0.25) is 0 Å². The summed E-state index contributed by atoms with van der Waals surface area (Å²) in [5.41, 5.74) is 10.0. The monoisotopic (exact) mass is 1910 g/mol. The molecule has 23 nitrogen and oxygen atoms in total. The van der Waals surface area contributed by atoms with Gasteiger partial charge in [-0.3, -0.25) is 24.0 Å². The molecule has 0 spiro atoms. The summed E-state index contributed by atoms with van der Waals surface area (Å²) in [5, 5.41) is 9.85. The van der Waals surface area contributed by atoms with Crippen molar-refractivity contribution in [1.82, 2.24) is 0 Å². The second-order valence-electron chi connectivity index (χ2n) is 36.2. The first-order valence-electron chi connectivity index (χ1n) is 47.8. The molecular weight excluding hydrogens is 1760 g/mol. The Morgan fingerprint density at radius 3 is 0.590 bits per heavy atom. The van der Waals surface area contributed by atoms with Crippen molar-refractivity contribution >= 4 is 102 Å². The standard InChI is InChI=1S/C60H48O12.C33H56O6.C23H40O5/c61-49(37-31-43-19-7-1-8-20-43)67-55-56(68-50(62)38-32-44-21-9-2-10-22-44)58(70-52(64)40-34-46-25-13-4-14-26-46)60(72-54(66)42-36-48-29-17-6-18-30-48)59(71-53(65)41-35-47-27-15-5-16-28-47)57(55)69-51(63)39-33-45-23-11-3-12-24-45;1-24(2)13-10-16-27(7)19-31(34)37-22-30(39-33(36)21-29(9)18-12-15-26(5)6)23-38-32(35)20-28(8)17-11-14-25(3)4;1-17(2)9-7-11-19(5)13-22(25)27-15-21(24)16-28-23(26)14-20(6)12-8-10-18(3)4/h1-42,55-60H;13-15,27-30H,10-12,16-23H2,1-9H3;9-10,19-21,24H,7-8,11-16H2,1-6H3/b37-31+,38-32+,39-33+,40-34+,41-35+,42-36+;;. The molecule has 0 bridgehead atoms. The molecular formula is C116H144O23. The Bertz CT molecular complexity index is 4450. The number of carbonyl (C=O) groups is 11. The molecule has 139 heavy (non-hydrogen) atoms. The number of rotatable bonds is 52. The van der Waals surface area contributed by atoms with Crippen LogP contribution in [0.25, 0.3) is 36.5 Å². The first-order valence-corrected chi connectivity index (χ1v) is 47.8. The van der Waals surface area contributed by atoms with Crippen LogP contribution in [0.2, 0.25) is 0 Å². The Kier molecular flexibility index (Phi) is 55.9. The topological polar surface area (TPSA) is 310 Å². The predicted molar refractivity (Wildman–Crippen MR) is 544 cm³/mol. The number of ether oxygens (including phenoxy) is 11. The van der Waals surface area contributed by atoms with E-state index in [-0.39, 0.29) is 92.3 Å². The van der Waals surface area contributed by atoms with Gasteiger partial charge in [-0.1, -0.05) is 275 Å². The van der Waals surface area contributed by atoms with E-state index in [0.717, 1.165) is 101 Å². The van der Waals surface area contributed by atoms with Crippen LogP contribution in [-0.2, 0) is 105 Å². The normalized spacial score (nSPS) is 16.4. The number of hydrogen-bond acceptors (Lipinski definition) is 23. The van der Waals surface area contributed by atoms with Crippen molar-refractivity contribution in [2.45, 2.75) is 249 Å². The number of aliphatic hydroxyl groups is 1. The average Bonchev–Trinajstić information content (AvgIpc) is 0.753. The highest BCUT2D eigenvalue weighted by Gasteiger charge is 2.61. The van der Waals surface area contributed by atoms with Crippen molar-refractivity contribution in [2.75, 3.05) is 26.4 Å². The summed E-state index contributed by atoms with van der Waals surface area (Å²) in [6.07, 6.45) is 23.4. The second kappa shape index (κ2) is 67.0. The summed E-state index contributed by atoms with van der Waals surface area (Å²) in [4.78, 5) is 146. The fourth-order valence-electron chi connectivity index (χ4n) is 13.9. The van der Waals surface area contributed by atoms with Crippen molar-refractivity contribution in [1.29, 1.82) is 0 Å². The predicted octanol–water partition coefficient (Wildman–Crippen LogP) is 23.0. The average molecular weight is 1910 g/mol. The Morgan fingerprint density at radius 1 is 0.252 bits per heavy atom. The number of benzene rings is 6. The van der Waals surface area contributed by atoms with Crippen molar-refractivity contribution in [3.8, 4) is 0 Å². The molecule has 0 saturated heterocycles. The third kappa shape index (κ3) is 53.8. The molecule has 6 aromatic carbocycles. The van der Waals surface area contributed by atoms with Gasteiger partial charge in [0.05, 0.1) is 0 Å². The molecule has 5 unspecified atom stereocenters. The summed E-state index contributed by atoms with van der Waals surface area (Å²) in [5.74, 6) is -6.93. The summed E-state index contributed by atoms with van der Waals surface area (Å²) in [7, 11) is 0. The summed E-state index contributed by atoms with van der Waals surface area (Å²) < 4.78 is 63.3. The van der Waals surface area contributed by atoms with Crippen LogP contribution in [0, 0.1) is 29.6 Å². The van der Waals surface area contributed by atoms with Crippen LogP contribution in [0.5, 0.6) is 0 Å². The van der Waals surface area contributed by atoms with E-state index >= 15 is 0 Å². The smallest absolute Gasteiger partial charge is 0.331 e. The first kappa shape index (κ1) is 116. The van der Waals surface area contributed by atoms with E-state index in [1.54, 1.807) is 182 Å². The molecule has 5 atom stereocenters. The molecule has 746 valence electrons. The van der Waals surface area contributed by atoms with Crippen molar-refractivity contribution in [3.05, 3.63) is 310 Å². The largest absolute Gasteiger partial charge is 0.463 e. The molecule has 0 heterocycles. The lowest BCUT2D eigenvalue weighted by molar-refractivity contribution is -0.256. The Hall–Kier alpha value is -13.4. The number of carbonyl (C=O) groups excluding carboxylic acids is 11. The zero-order valence-electron chi connectivity index (χ0n) is 83.5. The van der Waals surface area contributed by atoms with Crippen LogP contribution in [0.15, 0.2) is 277 Å². The zero-order valence-corrected chi connectivity index (χ0v) is 83.5. The second-order valence-corrected chi connectivity index (χ2v) is 36.2. The zero-order chi connectivity index (χ0) is 102. The molecule has 0 radical (unpaired) electrons. The third-order valence-corrected chi connectivity index (χ3v) is 21.4. The first-order chi connectivity index (χ1) is 66.5. The lowest BCUT2D eigenvalue weighted by Crippen LogP contribution is -2.69. The number of hydrogen-bond donors (Lipinski definition) is 1. The van der Waals surface area contributed by atoms with Gasteiger partial charge < -0.3 is 57.2 Å². The lowest BCUT2D eigenvalue weighted by atomic mass is 9.83. The third-order valence-electron chi connectivity index (χ3n) is 21.4. The molecule has 7 rings (SSSR count). The molecule has 0 aromatic heterocycles. The highest BCUT2D eigenvalue weighted by atomic mass is 16.7. The van der Waals surface area contributed by atoms with Crippen LogP contribution in [0.3, 0.4) is 0 Å². The minimum atomic E-state index is -1.93. The van der Waals surface area contributed by atoms with Gasteiger partial charge in [-0.15, -0.1) is 0 Å². The van der Waals surface area contributed by atoms with Gasteiger partial charge >= 0.3 is 65.7 Å². The molecule has 1 fully saturated rings. The van der Waals surface area contributed by atoms with Gasteiger partial charge in [-0.2, -0.15) is 0 Å². The Labute approximate surface area is 822 Å². The van der Waals surface area contributed by atoms with Crippen LogP contribution < -0.4 is 0 Å². The van der Waals surface area contributed by atoms with E-state index in [1.807, 2.05) is 34.6 Å². The maximum atomic E-state index is 14.1. The summed E-state index contributed by atoms with van der Waals surface area (Å²) >= 11 is 0. The van der Waals surface area contributed by atoms with E-state index in [2.05, 4.69) is 99.6 Å². The fraction of sp³-hybridized carbons (Fsp3) is 0.405. The number of allylic oxidation sites excluding steroid dienone is 10. The highest BCUT2D eigenvalue weighted by molar-refractivity contribution is 5.92. The fourth-order valence-corrected chi connectivity index (χ4v) is 13.9. The maximum Gasteiger partial charge on any atom is 0.331 e. The van der Waals surface area contributed by atoms with Gasteiger partial charge in [0.15, 0.2) is 42.7 Å². The summed E-state index contributed by atoms with van der Waals surface area (Å²) in [6.45, 7) is 30.1. The lowest BCUT2D eigenvalue weighted by Gasteiger charge is -2.46. The molecule has 6 aromatic rings. The number of esters is 11. The van der Waals surface area contributed by atoms with Gasteiger partial charge in [0.1, 0.15) is 32.5 Å². The summed E-state index contributed by atoms with van der Waals surface area (Å²) in [6, 6.07) is 52.7. The van der Waals surface area contributed by atoms with Gasteiger partial charge in [0, 0.05) is 68.6 Å². The maximum absolute atomic E-state index is 14.1. The van der Waals surface area contributed by atoms with E-state index in [0.29, 0.717) is 59.1 Å². The molecule has 1 aliphatic rings. The Balaban J connectivity index is 0.000000426. The highest BCUT2D eigenvalue weighted by Crippen LogP contribution is 2.36. The van der Waals surface area contributed by atoms with Gasteiger partial charge in [-0.25, -0.2) is 28.8 Å². The van der Waals surface area contributed by atoms with E-state index in [4.69, 9.17) is 52.1 Å². The van der Waals surface area contributed by atoms with Crippen molar-refractivity contribution in [2.24, 2.45) is 29.6 Å². The van der Waals surface area contributed by atoms with Crippen LogP contribution in [0.1, 0.15) is 234 Å². The Morgan fingerprint density at radius 2 is 0.417 bits per heavy atom. The molecule has 1 N–H and O–H groups in total. The minimum absolute atomic E-state index is 0.124. The quantitative estimate of drug-likeness (QED) is 0.0160. The molecule has 1 saturated carbocycles. The van der Waals surface area contributed by atoms with Crippen LogP contribution in [-0.4, -0.2) is 146 Å². The molecule has 23 heteroatoms. The van der Waals surface area contributed by atoms with E-state index in [1.165, 1.54) is 64.3 Å². The van der Waals surface area contributed by atoms with Crippen LogP contribution in [0.4, 0.5) is 0 Å². The van der Waals surface area contributed by atoms with Gasteiger partial charge in [0.25, 0.3) is 0 Å². The molecule has 0 amide bonds.